The third-order valence-corrected chi connectivity index (χ3v) is 3.04. The topological polar surface area (TPSA) is 33.1 Å². The lowest BCUT2D eigenvalue weighted by molar-refractivity contribution is 0.321. The molecule has 0 aromatic carbocycles. The highest BCUT2D eigenvalue weighted by Crippen LogP contribution is 2.24. The highest BCUT2D eigenvalue weighted by atomic mass is 15.3. The fourth-order valence-electron chi connectivity index (χ4n) is 1.74. The summed E-state index contributed by atoms with van der Waals surface area (Å²) in [5, 5.41) is 7.57. The van der Waals surface area contributed by atoms with Crippen LogP contribution in [0.25, 0.3) is 0 Å². The molecule has 1 aliphatic rings. The van der Waals surface area contributed by atoms with E-state index in [1.54, 1.807) is 0 Å². The van der Waals surface area contributed by atoms with Crippen molar-refractivity contribution < 1.29 is 0 Å². The molecule has 0 atom stereocenters. The summed E-state index contributed by atoms with van der Waals surface area (Å²) < 4.78 is 1.91. The summed E-state index contributed by atoms with van der Waals surface area (Å²) in [6.45, 7) is 3.11. The number of likely N-dealkylation sites (N-methyl/N-ethyl adjacent to an activating group) is 1. The second-order valence-electron chi connectivity index (χ2n) is 4.33. The molecule has 1 saturated carbocycles. The van der Waals surface area contributed by atoms with E-state index in [0.29, 0.717) is 0 Å². The molecule has 0 radical (unpaired) electrons. The number of nitrogens with zero attached hydrogens (tertiary/aromatic N) is 3. The molecule has 1 heterocycles. The number of rotatable bonds is 6. The van der Waals surface area contributed by atoms with E-state index in [9.17, 15) is 0 Å². The quantitative estimate of drug-likeness (QED) is 0.695. The molecule has 0 unspecified atom stereocenters. The predicted octanol–water partition coefficient (Wildman–Crippen LogP) is 0.604. The van der Waals surface area contributed by atoms with Gasteiger partial charge in [-0.3, -0.25) is 4.68 Å². The predicted molar refractivity (Wildman–Crippen MR) is 60.6 cm³/mol. The summed E-state index contributed by atoms with van der Waals surface area (Å²) in [6.07, 6.45) is 4.61. The zero-order valence-corrected chi connectivity index (χ0v) is 9.61. The largest absolute Gasteiger partial charge is 0.310 e. The summed E-state index contributed by atoms with van der Waals surface area (Å²) >= 11 is 0. The average molecular weight is 208 g/mol. The Morgan fingerprint density at radius 3 is 3.00 bits per heavy atom. The maximum Gasteiger partial charge on any atom is 0.0518 e. The van der Waals surface area contributed by atoms with Gasteiger partial charge in [-0.15, -0.1) is 0 Å². The van der Waals surface area contributed by atoms with Crippen molar-refractivity contribution in [3.63, 3.8) is 0 Å². The zero-order chi connectivity index (χ0) is 10.7. The third-order valence-electron chi connectivity index (χ3n) is 3.04. The van der Waals surface area contributed by atoms with Crippen molar-refractivity contribution >= 4 is 0 Å². The van der Waals surface area contributed by atoms with Crippen LogP contribution < -0.4 is 5.32 Å². The SMILES string of the molecule is CN(CCNCc1ccnn1C)C1CC1. The van der Waals surface area contributed by atoms with Gasteiger partial charge in [-0.25, -0.2) is 0 Å². The number of hydrogen-bond acceptors (Lipinski definition) is 3. The maximum atomic E-state index is 4.13. The molecule has 0 spiro atoms. The van der Waals surface area contributed by atoms with E-state index in [1.165, 1.54) is 18.5 Å². The van der Waals surface area contributed by atoms with E-state index in [-0.39, 0.29) is 0 Å². The Bertz CT molecular complexity index is 303. The van der Waals surface area contributed by atoms with Crippen molar-refractivity contribution in [1.29, 1.82) is 0 Å². The van der Waals surface area contributed by atoms with Crippen LogP contribution in [0.15, 0.2) is 12.3 Å². The van der Waals surface area contributed by atoms with Gasteiger partial charge in [-0.05, 0) is 26.0 Å². The lowest BCUT2D eigenvalue weighted by Crippen LogP contribution is -2.30. The monoisotopic (exact) mass is 208 g/mol. The Hall–Kier alpha value is -0.870. The van der Waals surface area contributed by atoms with Crippen molar-refractivity contribution in [1.82, 2.24) is 20.0 Å². The van der Waals surface area contributed by atoms with Crippen molar-refractivity contribution in [2.75, 3.05) is 20.1 Å². The Kier molecular flexibility index (Phi) is 3.38. The third kappa shape index (κ3) is 3.04. The molecule has 0 bridgehead atoms. The fraction of sp³-hybridized carbons (Fsp3) is 0.727. The van der Waals surface area contributed by atoms with Gasteiger partial charge in [0.05, 0.1) is 5.69 Å². The molecule has 1 aromatic heterocycles. The van der Waals surface area contributed by atoms with Gasteiger partial charge in [-0.2, -0.15) is 5.10 Å². The van der Waals surface area contributed by atoms with Gasteiger partial charge in [0.1, 0.15) is 0 Å². The summed E-state index contributed by atoms with van der Waals surface area (Å²) in [4.78, 5) is 2.44. The van der Waals surface area contributed by atoms with E-state index in [4.69, 9.17) is 0 Å². The van der Waals surface area contributed by atoms with Crippen LogP contribution in [0.4, 0.5) is 0 Å². The van der Waals surface area contributed by atoms with Crippen LogP contribution in [0.3, 0.4) is 0 Å². The first-order valence-electron chi connectivity index (χ1n) is 5.65. The Morgan fingerprint density at radius 2 is 2.40 bits per heavy atom. The van der Waals surface area contributed by atoms with Crippen LogP contribution >= 0.6 is 0 Å². The van der Waals surface area contributed by atoms with E-state index < -0.39 is 0 Å². The number of nitrogens with one attached hydrogen (secondary N) is 1. The fourth-order valence-corrected chi connectivity index (χ4v) is 1.74. The molecule has 0 aliphatic heterocycles. The molecule has 1 aromatic rings. The van der Waals surface area contributed by atoms with Gasteiger partial charge in [0.15, 0.2) is 0 Å². The summed E-state index contributed by atoms with van der Waals surface area (Å²) in [5.41, 5.74) is 1.24. The Morgan fingerprint density at radius 1 is 1.60 bits per heavy atom. The van der Waals surface area contributed by atoms with Crippen molar-refractivity contribution in [3.05, 3.63) is 18.0 Å². The van der Waals surface area contributed by atoms with Crippen molar-refractivity contribution in [3.8, 4) is 0 Å². The molecule has 15 heavy (non-hydrogen) atoms. The van der Waals surface area contributed by atoms with Crippen LogP contribution in [-0.4, -0.2) is 40.9 Å². The Balaban J connectivity index is 1.60. The average Bonchev–Trinajstić information content (AvgIpc) is 2.99. The number of aryl methyl sites for hydroxylation is 1. The van der Waals surface area contributed by atoms with E-state index >= 15 is 0 Å². The molecule has 1 N–H and O–H groups in total. The molecule has 2 rings (SSSR count). The van der Waals surface area contributed by atoms with E-state index in [1.807, 2.05) is 17.9 Å². The van der Waals surface area contributed by atoms with Gasteiger partial charge in [0.2, 0.25) is 0 Å². The molecule has 4 heteroatoms. The highest BCUT2D eigenvalue weighted by molar-refractivity contribution is 4.99. The highest BCUT2D eigenvalue weighted by Gasteiger charge is 2.25. The molecular weight excluding hydrogens is 188 g/mol. The zero-order valence-electron chi connectivity index (χ0n) is 9.61. The minimum Gasteiger partial charge on any atom is -0.310 e. The molecule has 0 saturated heterocycles. The second-order valence-corrected chi connectivity index (χ2v) is 4.33. The minimum atomic E-state index is 0.864. The summed E-state index contributed by atoms with van der Waals surface area (Å²) in [7, 11) is 4.19. The minimum absolute atomic E-state index is 0.864. The lowest BCUT2D eigenvalue weighted by atomic mass is 10.4. The first-order chi connectivity index (χ1) is 7.27. The first kappa shape index (κ1) is 10.6. The van der Waals surface area contributed by atoms with E-state index in [0.717, 1.165) is 25.7 Å². The molecule has 1 aliphatic carbocycles. The normalized spacial score (nSPS) is 16.2. The lowest BCUT2D eigenvalue weighted by Gasteiger charge is -2.15. The van der Waals surface area contributed by atoms with Gasteiger partial charge in [0, 0.05) is 38.9 Å². The summed E-state index contributed by atoms with van der Waals surface area (Å²) in [5.74, 6) is 0. The second kappa shape index (κ2) is 4.77. The maximum absolute atomic E-state index is 4.13. The molecule has 0 amide bonds. The van der Waals surface area contributed by atoms with Crippen LogP contribution in [-0.2, 0) is 13.6 Å². The smallest absolute Gasteiger partial charge is 0.0518 e. The van der Waals surface area contributed by atoms with Crippen LogP contribution in [0, 0.1) is 0 Å². The molecule has 1 fully saturated rings. The standard InChI is InChI=1S/C11H20N4/c1-14(10-3-4-10)8-7-12-9-11-5-6-13-15(11)2/h5-6,10,12H,3-4,7-9H2,1-2H3. The molecule has 84 valence electrons. The van der Waals surface area contributed by atoms with Crippen LogP contribution in [0.1, 0.15) is 18.5 Å². The molecular formula is C11H20N4. The van der Waals surface area contributed by atoms with Crippen molar-refractivity contribution in [2.45, 2.75) is 25.4 Å². The van der Waals surface area contributed by atoms with E-state index in [2.05, 4.69) is 28.4 Å². The Labute approximate surface area is 91.3 Å². The van der Waals surface area contributed by atoms with Crippen molar-refractivity contribution in [2.24, 2.45) is 7.05 Å². The number of hydrogen-bond donors (Lipinski definition) is 1. The van der Waals surface area contributed by atoms with Gasteiger partial charge >= 0.3 is 0 Å². The van der Waals surface area contributed by atoms with Crippen LogP contribution in [0.5, 0.6) is 0 Å². The summed E-state index contributed by atoms with van der Waals surface area (Å²) in [6, 6.07) is 2.92. The van der Waals surface area contributed by atoms with Gasteiger partial charge in [-0.1, -0.05) is 0 Å². The van der Waals surface area contributed by atoms with Crippen LogP contribution in [0.2, 0.25) is 0 Å². The first-order valence-corrected chi connectivity index (χ1v) is 5.65. The van der Waals surface area contributed by atoms with Gasteiger partial charge in [0.25, 0.3) is 0 Å². The van der Waals surface area contributed by atoms with Gasteiger partial charge < -0.3 is 10.2 Å². The number of aromatic nitrogens is 2. The molecule has 4 nitrogen and oxygen atoms in total.